The molecule has 8 heteroatoms. The molecule has 156 valence electrons. The van der Waals surface area contributed by atoms with Crippen LogP contribution in [0.15, 0.2) is 77.7 Å². The zero-order chi connectivity index (χ0) is 21.6. The van der Waals surface area contributed by atoms with Crippen molar-refractivity contribution >= 4 is 38.9 Å². The minimum absolute atomic E-state index is 0.164. The van der Waals surface area contributed by atoms with Crippen molar-refractivity contribution in [1.82, 2.24) is 0 Å². The Hall–Kier alpha value is -3.03. The molecule has 0 bridgehead atoms. The number of nitrogens with one attached hydrogen (secondary N) is 2. The molecule has 0 saturated heterocycles. The third-order valence-electron chi connectivity index (χ3n) is 4.31. The summed E-state index contributed by atoms with van der Waals surface area (Å²) in [5.74, 6) is 0.393. The van der Waals surface area contributed by atoms with E-state index >= 15 is 0 Å². The summed E-state index contributed by atoms with van der Waals surface area (Å²) in [6, 6.07) is 20.0. The van der Waals surface area contributed by atoms with E-state index in [1.807, 2.05) is 6.07 Å². The number of sulfonamides is 1. The number of benzene rings is 3. The Balaban J connectivity index is 1.61. The molecular weight excluding hydrogens is 424 g/mol. The summed E-state index contributed by atoms with van der Waals surface area (Å²) in [4.78, 5) is 12.5. The highest BCUT2D eigenvalue weighted by atomic mass is 35.5. The maximum atomic E-state index is 12.4. The average molecular weight is 445 g/mol. The summed E-state index contributed by atoms with van der Waals surface area (Å²) in [5.41, 5.74) is 1.78. The normalized spacial score (nSPS) is 11.0. The number of aryl methyl sites for hydroxylation is 1. The third-order valence-corrected chi connectivity index (χ3v) is 6.00. The van der Waals surface area contributed by atoms with Gasteiger partial charge in [0.2, 0.25) is 5.91 Å². The lowest BCUT2D eigenvalue weighted by Crippen LogP contribution is -2.14. The van der Waals surface area contributed by atoms with Crippen LogP contribution in [0.3, 0.4) is 0 Å². The van der Waals surface area contributed by atoms with E-state index in [2.05, 4.69) is 10.0 Å². The zero-order valence-electron chi connectivity index (χ0n) is 16.3. The van der Waals surface area contributed by atoms with Crippen LogP contribution in [0, 0.1) is 0 Å². The van der Waals surface area contributed by atoms with Crippen molar-refractivity contribution in [2.75, 3.05) is 17.1 Å². The lowest BCUT2D eigenvalue weighted by Gasteiger charge is -2.11. The van der Waals surface area contributed by atoms with Crippen molar-refractivity contribution < 1.29 is 17.9 Å². The molecule has 3 rings (SSSR count). The quantitative estimate of drug-likeness (QED) is 0.526. The van der Waals surface area contributed by atoms with E-state index in [-0.39, 0.29) is 17.2 Å². The first-order chi connectivity index (χ1) is 14.4. The molecule has 0 aliphatic rings. The smallest absolute Gasteiger partial charge is 0.261 e. The van der Waals surface area contributed by atoms with Crippen LogP contribution in [0.25, 0.3) is 0 Å². The van der Waals surface area contributed by atoms with E-state index in [1.165, 1.54) is 12.1 Å². The van der Waals surface area contributed by atoms with Gasteiger partial charge in [-0.05, 0) is 54.4 Å². The molecule has 0 aliphatic carbocycles. The summed E-state index contributed by atoms with van der Waals surface area (Å²) in [7, 11) is -2.16. The minimum Gasteiger partial charge on any atom is -0.495 e. The van der Waals surface area contributed by atoms with Gasteiger partial charge in [-0.15, -0.1) is 0 Å². The fourth-order valence-electron chi connectivity index (χ4n) is 2.82. The molecule has 0 heterocycles. The van der Waals surface area contributed by atoms with Gasteiger partial charge in [0.25, 0.3) is 10.0 Å². The van der Waals surface area contributed by atoms with Crippen LogP contribution >= 0.6 is 11.6 Å². The van der Waals surface area contributed by atoms with Gasteiger partial charge in [-0.3, -0.25) is 9.52 Å². The van der Waals surface area contributed by atoms with Crippen LogP contribution in [-0.4, -0.2) is 21.4 Å². The summed E-state index contributed by atoms with van der Waals surface area (Å²) in [6.07, 6.45) is 0.762. The van der Waals surface area contributed by atoms with Crippen molar-refractivity contribution in [3.63, 3.8) is 0 Å². The molecule has 0 aromatic heterocycles. The Morgan fingerprint density at radius 3 is 2.40 bits per heavy atom. The predicted octanol–water partition coefficient (Wildman–Crippen LogP) is 4.72. The average Bonchev–Trinajstić information content (AvgIpc) is 2.73. The van der Waals surface area contributed by atoms with Gasteiger partial charge >= 0.3 is 0 Å². The highest BCUT2D eigenvalue weighted by Gasteiger charge is 2.14. The Labute approximate surface area is 180 Å². The second-order valence-electron chi connectivity index (χ2n) is 6.52. The number of anilines is 2. The number of rotatable bonds is 8. The molecule has 0 spiro atoms. The highest BCUT2D eigenvalue weighted by molar-refractivity contribution is 7.92. The molecule has 30 heavy (non-hydrogen) atoms. The molecular formula is C22H21ClN2O4S. The zero-order valence-corrected chi connectivity index (χ0v) is 17.8. The van der Waals surface area contributed by atoms with Gasteiger partial charge in [-0.25, -0.2) is 8.42 Å². The molecule has 2 N–H and O–H groups in total. The van der Waals surface area contributed by atoms with Gasteiger partial charge in [0.1, 0.15) is 5.75 Å². The van der Waals surface area contributed by atoms with E-state index in [1.54, 1.807) is 61.7 Å². The maximum Gasteiger partial charge on any atom is 0.261 e. The lowest BCUT2D eigenvalue weighted by atomic mass is 10.1. The fraction of sp³-hybridized carbons (Fsp3) is 0.136. The lowest BCUT2D eigenvalue weighted by molar-refractivity contribution is -0.116. The molecule has 0 aliphatic heterocycles. The van der Waals surface area contributed by atoms with E-state index in [0.29, 0.717) is 28.6 Å². The number of hydrogen-bond acceptors (Lipinski definition) is 4. The van der Waals surface area contributed by atoms with E-state index in [0.717, 1.165) is 5.56 Å². The first-order valence-corrected chi connectivity index (χ1v) is 11.0. The standard InChI is InChI=1S/C22H21ClN2O4S/c1-29-21-12-10-16(14-20(21)23)11-13-22(26)24-17-6-5-7-18(15-17)25-30(27,28)19-8-3-2-4-9-19/h2-10,12,14-15,25H,11,13H2,1H3,(H,24,26). The molecule has 3 aromatic rings. The Kier molecular flexibility index (Phi) is 6.97. The van der Waals surface area contributed by atoms with Gasteiger partial charge in [-0.2, -0.15) is 0 Å². The van der Waals surface area contributed by atoms with E-state index in [4.69, 9.17) is 16.3 Å². The summed E-state index contributed by atoms with van der Waals surface area (Å²) < 4.78 is 32.5. The Bertz CT molecular complexity index is 1130. The second-order valence-corrected chi connectivity index (χ2v) is 8.61. The van der Waals surface area contributed by atoms with Gasteiger partial charge in [0.15, 0.2) is 0 Å². The summed E-state index contributed by atoms with van der Waals surface area (Å²) in [6.45, 7) is 0. The first-order valence-electron chi connectivity index (χ1n) is 9.17. The fourth-order valence-corrected chi connectivity index (χ4v) is 4.17. The number of carbonyl (C=O) groups excluding carboxylic acids is 1. The third kappa shape index (κ3) is 5.75. The number of hydrogen-bond donors (Lipinski definition) is 2. The minimum atomic E-state index is -3.70. The van der Waals surface area contributed by atoms with Crippen molar-refractivity contribution in [3.8, 4) is 5.75 Å². The maximum absolute atomic E-state index is 12.4. The Morgan fingerprint density at radius 1 is 0.967 bits per heavy atom. The molecule has 3 aromatic carbocycles. The van der Waals surface area contributed by atoms with Crippen molar-refractivity contribution in [3.05, 3.63) is 83.4 Å². The summed E-state index contributed by atoms with van der Waals surface area (Å²) >= 11 is 6.11. The van der Waals surface area contributed by atoms with Crippen LogP contribution in [-0.2, 0) is 21.2 Å². The van der Waals surface area contributed by atoms with Gasteiger partial charge in [0.05, 0.1) is 22.7 Å². The van der Waals surface area contributed by atoms with Crippen molar-refractivity contribution in [2.45, 2.75) is 17.7 Å². The number of carbonyl (C=O) groups is 1. The predicted molar refractivity (Wildman–Crippen MR) is 119 cm³/mol. The van der Waals surface area contributed by atoms with Crippen LogP contribution < -0.4 is 14.8 Å². The largest absolute Gasteiger partial charge is 0.495 e. The van der Waals surface area contributed by atoms with Gasteiger partial charge in [0, 0.05) is 12.1 Å². The van der Waals surface area contributed by atoms with Crippen molar-refractivity contribution in [2.24, 2.45) is 0 Å². The number of ether oxygens (including phenoxy) is 1. The van der Waals surface area contributed by atoms with Crippen LogP contribution in [0.1, 0.15) is 12.0 Å². The first kappa shape index (κ1) is 21.7. The van der Waals surface area contributed by atoms with Crippen LogP contribution in [0.2, 0.25) is 5.02 Å². The van der Waals surface area contributed by atoms with E-state index < -0.39 is 10.0 Å². The molecule has 1 amide bonds. The SMILES string of the molecule is COc1ccc(CCC(=O)Nc2cccc(NS(=O)(=O)c3ccccc3)c2)cc1Cl. The molecule has 0 fully saturated rings. The number of methoxy groups -OCH3 is 1. The monoisotopic (exact) mass is 444 g/mol. The number of halogens is 1. The topological polar surface area (TPSA) is 84.5 Å². The van der Waals surface area contributed by atoms with Gasteiger partial charge < -0.3 is 10.1 Å². The number of amides is 1. The molecule has 0 atom stereocenters. The highest BCUT2D eigenvalue weighted by Crippen LogP contribution is 2.25. The van der Waals surface area contributed by atoms with Gasteiger partial charge in [-0.1, -0.05) is 41.9 Å². The molecule has 0 saturated carbocycles. The Morgan fingerprint density at radius 2 is 1.70 bits per heavy atom. The van der Waals surface area contributed by atoms with E-state index in [9.17, 15) is 13.2 Å². The molecule has 0 unspecified atom stereocenters. The molecule has 6 nitrogen and oxygen atoms in total. The second kappa shape index (κ2) is 9.65. The van der Waals surface area contributed by atoms with Crippen LogP contribution in [0.5, 0.6) is 5.75 Å². The van der Waals surface area contributed by atoms with Crippen molar-refractivity contribution in [1.29, 1.82) is 0 Å². The molecule has 0 radical (unpaired) electrons. The summed E-state index contributed by atoms with van der Waals surface area (Å²) in [5, 5.41) is 3.28. The van der Waals surface area contributed by atoms with Crippen LogP contribution in [0.4, 0.5) is 11.4 Å².